The Hall–Kier alpha value is -2.40. The summed E-state index contributed by atoms with van der Waals surface area (Å²) in [7, 11) is 1.50. The van der Waals surface area contributed by atoms with Crippen molar-refractivity contribution in [3.63, 3.8) is 0 Å². The van der Waals surface area contributed by atoms with Crippen LogP contribution in [-0.4, -0.2) is 37.2 Å². The van der Waals surface area contributed by atoms with E-state index in [-0.39, 0.29) is 12.4 Å². The van der Waals surface area contributed by atoms with Gasteiger partial charge in [0.1, 0.15) is 11.6 Å². The molecule has 0 radical (unpaired) electrons. The molecule has 0 saturated heterocycles. The molecule has 2 aromatic carbocycles. The molecule has 26 heavy (non-hydrogen) atoms. The second-order valence-electron chi connectivity index (χ2n) is 7.26. The number of hydrogen-bond donors (Lipinski definition) is 1. The predicted octanol–water partition coefficient (Wildman–Crippen LogP) is 3.88. The largest absolute Gasteiger partial charge is 0.444 e. The predicted molar refractivity (Wildman–Crippen MR) is 102 cm³/mol. The summed E-state index contributed by atoms with van der Waals surface area (Å²) in [6, 6.07) is 13.5. The lowest BCUT2D eigenvalue weighted by Gasteiger charge is -2.23. The van der Waals surface area contributed by atoms with Gasteiger partial charge in [0.05, 0.1) is 6.61 Å². The molecule has 0 heterocycles. The van der Waals surface area contributed by atoms with Gasteiger partial charge in [0.25, 0.3) is 0 Å². The zero-order valence-corrected chi connectivity index (χ0v) is 15.9. The molecular formula is C21H27NO4. The number of Topliss-reactive ketones (excluding diaryl/α,β-unsaturated/α-hetero) is 1. The summed E-state index contributed by atoms with van der Waals surface area (Å²) in [6.45, 7) is 5.45. The number of nitrogens with one attached hydrogen (secondary N) is 1. The first kappa shape index (κ1) is 19.9. The van der Waals surface area contributed by atoms with E-state index in [1.807, 2.05) is 24.3 Å². The van der Waals surface area contributed by atoms with Gasteiger partial charge < -0.3 is 14.8 Å². The Balaban J connectivity index is 2.01. The van der Waals surface area contributed by atoms with E-state index in [9.17, 15) is 9.59 Å². The van der Waals surface area contributed by atoms with Crippen LogP contribution in [0.2, 0.25) is 0 Å². The Bertz CT molecular complexity index is 759. The van der Waals surface area contributed by atoms with Crippen LogP contribution in [0.25, 0.3) is 10.8 Å². The number of carbonyl (C=O) groups excluding carboxylic acids is 2. The maximum Gasteiger partial charge on any atom is 0.408 e. The first-order valence-electron chi connectivity index (χ1n) is 8.78. The number of rotatable bonds is 7. The third-order valence-electron chi connectivity index (χ3n) is 3.93. The first-order chi connectivity index (χ1) is 12.3. The minimum absolute atomic E-state index is 0.0781. The highest BCUT2D eigenvalue weighted by Crippen LogP contribution is 2.20. The monoisotopic (exact) mass is 357 g/mol. The molecule has 0 saturated carbocycles. The van der Waals surface area contributed by atoms with Gasteiger partial charge in [-0.25, -0.2) is 4.79 Å². The molecule has 2 rings (SSSR count). The van der Waals surface area contributed by atoms with Gasteiger partial charge >= 0.3 is 6.09 Å². The van der Waals surface area contributed by atoms with E-state index < -0.39 is 17.7 Å². The number of alkyl carbamates (subject to hydrolysis) is 1. The zero-order chi connectivity index (χ0) is 19.2. The summed E-state index contributed by atoms with van der Waals surface area (Å²) in [5, 5.41) is 4.91. The van der Waals surface area contributed by atoms with Crippen molar-refractivity contribution in [3.05, 3.63) is 48.0 Å². The molecular weight excluding hydrogens is 330 g/mol. The standard InChI is InChI=1S/C21H27NO4/c1-21(2,3)26-20(24)22-18(14-25-4)19(23)13-12-16-10-7-9-15-8-5-6-11-17(15)16/h5-11,18H,12-14H2,1-4H3,(H,22,24)/t18-/m0/s1. The van der Waals surface area contributed by atoms with E-state index in [0.29, 0.717) is 12.8 Å². The number of ether oxygens (including phenoxy) is 2. The summed E-state index contributed by atoms with van der Waals surface area (Å²) in [4.78, 5) is 24.5. The summed E-state index contributed by atoms with van der Waals surface area (Å²) in [5.74, 6) is -0.0781. The van der Waals surface area contributed by atoms with Crippen molar-refractivity contribution in [2.24, 2.45) is 0 Å². The van der Waals surface area contributed by atoms with Crippen LogP contribution in [0.3, 0.4) is 0 Å². The highest BCUT2D eigenvalue weighted by Gasteiger charge is 2.24. The Labute approximate surface area is 154 Å². The summed E-state index contributed by atoms with van der Waals surface area (Å²) < 4.78 is 10.3. The molecule has 5 heteroatoms. The topological polar surface area (TPSA) is 64.6 Å². The van der Waals surface area contributed by atoms with Crippen molar-refractivity contribution in [2.75, 3.05) is 13.7 Å². The molecule has 0 aliphatic rings. The molecule has 0 aliphatic heterocycles. The van der Waals surface area contributed by atoms with Crippen LogP contribution in [0.4, 0.5) is 4.79 Å². The number of fused-ring (bicyclic) bond motifs is 1. The molecule has 0 bridgehead atoms. The van der Waals surface area contributed by atoms with E-state index in [1.165, 1.54) is 7.11 Å². The molecule has 0 fully saturated rings. The van der Waals surface area contributed by atoms with Crippen LogP contribution in [-0.2, 0) is 20.7 Å². The van der Waals surface area contributed by atoms with Crippen LogP contribution < -0.4 is 5.32 Å². The third kappa shape index (κ3) is 5.85. The number of ketones is 1. The van der Waals surface area contributed by atoms with Gasteiger partial charge in [-0.3, -0.25) is 4.79 Å². The lowest BCUT2D eigenvalue weighted by molar-refractivity contribution is -0.122. The van der Waals surface area contributed by atoms with Crippen molar-refractivity contribution in [1.29, 1.82) is 0 Å². The molecule has 140 valence electrons. The molecule has 0 unspecified atom stereocenters. The van der Waals surface area contributed by atoms with E-state index in [0.717, 1.165) is 16.3 Å². The Kier molecular flexibility index (Phi) is 6.75. The van der Waals surface area contributed by atoms with E-state index in [2.05, 4.69) is 23.5 Å². The average molecular weight is 357 g/mol. The Morgan fingerprint density at radius 2 is 1.77 bits per heavy atom. The SMILES string of the molecule is COC[C@H](NC(=O)OC(C)(C)C)C(=O)CCc1cccc2ccccc12. The fourth-order valence-corrected chi connectivity index (χ4v) is 2.77. The molecule has 1 amide bonds. The highest BCUT2D eigenvalue weighted by atomic mass is 16.6. The number of methoxy groups -OCH3 is 1. The van der Waals surface area contributed by atoms with Crippen molar-refractivity contribution >= 4 is 22.6 Å². The van der Waals surface area contributed by atoms with Crippen LogP contribution in [0.5, 0.6) is 0 Å². The minimum Gasteiger partial charge on any atom is -0.444 e. The summed E-state index contributed by atoms with van der Waals surface area (Å²) in [5.41, 5.74) is 0.498. The van der Waals surface area contributed by atoms with E-state index >= 15 is 0 Å². The molecule has 0 aromatic heterocycles. The number of amides is 1. The molecule has 5 nitrogen and oxygen atoms in total. The van der Waals surface area contributed by atoms with Gasteiger partial charge in [-0.1, -0.05) is 42.5 Å². The van der Waals surface area contributed by atoms with E-state index in [1.54, 1.807) is 20.8 Å². The van der Waals surface area contributed by atoms with Gasteiger partial charge in [0, 0.05) is 13.5 Å². The van der Waals surface area contributed by atoms with Crippen LogP contribution in [0.1, 0.15) is 32.8 Å². The Morgan fingerprint density at radius 1 is 1.08 bits per heavy atom. The number of aryl methyl sites for hydroxylation is 1. The summed E-state index contributed by atoms with van der Waals surface area (Å²) in [6.07, 6.45) is 0.312. The number of benzene rings is 2. The molecule has 0 aliphatic carbocycles. The first-order valence-corrected chi connectivity index (χ1v) is 8.78. The maximum atomic E-state index is 12.6. The lowest BCUT2D eigenvalue weighted by atomic mass is 9.98. The molecule has 1 atom stereocenters. The van der Waals surface area contributed by atoms with Gasteiger partial charge in [0.15, 0.2) is 5.78 Å². The van der Waals surface area contributed by atoms with Crippen LogP contribution >= 0.6 is 0 Å². The fourth-order valence-electron chi connectivity index (χ4n) is 2.77. The average Bonchev–Trinajstić information content (AvgIpc) is 2.57. The third-order valence-corrected chi connectivity index (χ3v) is 3.93. The maximum absolute atomic E-state index is 12.6. The fraction of sp³-hybridized carbons (Fsp3) is 0.429. The lowest BCUT2D eigenvalue weighted by Crippen LogP contribution is -2.46. The van der Waals surface area contributed by atoms with Crippen molar-refractivity contribution in [1.82, 2.24) is 5.32 Å². The second-order valence-corrected chi connectivity index (χ2v) is 7.26. The molecule has 2 aromatic rings. The van der Waals surface area contributed by atoms with Gasteiger partial charge in [0.2, 0.25) is 0 Å². The van der Waals surface area contributed by atoms with Crippen LogP contribution in [0.15, 0.2) is 42.5 Å². The minimum atomic E-state index is -0.718. The second kappa shape index (κ2) is 8.81. The highest BCUT2D eigenvalue weighted by molar-refractivity contribution is 5.89. The molecule has 1 N–H and O–H groups in total. The number of carbonyl (C=O) groups is 2. The van der Waals surface area contributed by atoms with Gasteiger partial charge in [-0.05, 0) is 43.5 Å². The van der Waals surface area contributed by atoms with Crippen molar-refractivity contribution < 1.29 is 19.1 Å². The van der Waals surface area contributed by atoms with E-state index in [4.69, 9.17) is 9.47 Å². The van der Waals surface area contributed by atoms with Crippen molar-refractivity contribution in [3.8, 4) is 0 Å². The zero-order valence-electron chi connectivity index (χ0n) is 15.9. The van der Waals surface area contributed by atoms with Crippen LogP contribution in [0, 0.1) is 0 Å². The number of hydrogen-bond acceptors (Lipinski definition) is 4. The normalized spacial score (nSPS) is 12.6. The van der Waals surface area contributed by atoms with Gasteiger partial charge in [-0.15, -0.1) is 0 Å². The smallest absolute Gasteiger partial charge is 0.408 e. The quantitative estimate of drug-likeness (QED) is 0.817. The summed E-state index contributed by atoms with van der Waals surface area (Å²) >= 11 is 0. The van der Waals surface area contributed by atoms with Crippen molar-refractivity contribution in [2.45, 2.75) is 45.3 Å². The Morgan fingerprint density at radius 3 is 2.46 bits per heavy atom. The van der Waals surface area contributed by atoms with Gasteiger partial charge in [-0.2, -0.15) is 0 Å². The molecule has 0 spiro atoms.